The second kappa shape index (κ2) is 7.47. The monoisotopic (exact) mass is 395 g/mol. The van der Waals surface area contributed by atoms with E-state index in [-0.39, 0.29) is 5.91 Å². The second-order valence-corrected chi connectivity index (χ2v) is 6.99. The number of fused-ring (bicyclic) bond motifs is 1. The Hall–Kier alpha value is -2.75. The Morgan fingerprint density at radius 3 is 2.52 bits per heavy atom. The summed E-state index contributed by atoms with van der Waals surface area (Å²) in [4.78, 5) is 12.2. The van der Waals surface area contributed by atoms with Crippen LogP contribution in [0.2, 0.25) is 10.0 Å². The number of carbonyl (C=O) groups excluding carboxylic acids is 1. The summed E-state index contributed by atoms with van der Waals surface area (Å²) in [7, 11) is 0. The summed E-state index contributed by atoms with van der Waals surface area (Å²) >= 11 is 12.1. The van der Waals surface area contributed by atoms with Crippen LogP contribution >= 0.6 is 23.2 Å². The molecule has 3 aromatic rings. The number of halogens is 2. The highest BCUT2D eigenvalue weighted by atomic mass is 35.5. The lowest BCUT2D eigenvalue weighted by Gasteiger charge is -2.08. The third-order valence-corrected chi connectivity index (χ3v) is 4.90. The molecule has 0 fully saturated rings. The second-order valence-electron chi connectivity index (χ2n) is 6.15. The maximum absolute atomic E-state index is 12.2. The van der Waals surface area contributed by atoms with Crippen molar-refractivity contribution in [3.8, 4) is 5.75 Å². The first-order chi connectivity index (χ1) is 13.1. The number of hydrogen-bond donors (Lipinski definition) is 1. The summed E-state index contributed by atoms with van der Waals surface area (Å²) < 4.78 is 5.79. The van der Waals surface area contributed by atoms with Crippen LogP contribution in [0.25, 0.3) is 11.6 Å². The third-order valence-electron chi connectivity index (χ3n) is 4.31. The topological polar surface area (TPSA) is 38.3 Å². The summed E-state index contributed by atoms with van der Waals surface area (Å²) in [6.07, 6.45) is 1.88. The molecule has 0 aliphatic carbocycles. The van der Waals surface area contributed by atoms with Gasteiger partial charge in [0.05, 0.1) is 0 Å². The Balaban J connectivity index is 1.49. The molecule has 0 spiro atoms. The number of anilines is 1. The van der Waals surface area contributed by atoms with Crippen molar-refractivity contribution < 1.29 is 9.53 Å². The summed E-state index contributed by atoms with van der Waals surface area (Å²) in [5.74, 6) is 0.633. The molecule has 3 nitrogen and oxygen atoms in total. The van der Waals surface area contributed by atoms with Gasteiger partial charge in [-0.15, -0.1) is 0 Å². The Bertz CT molecular complexity index is 1040. The summed E-state index contributed by atoms with van der Waals surface area (Å²) in [5.41, 5.74) is 4.21. The number of nitrogens with one attached hydrogen (secondary N) is 1. The lowest BCUT2D eigenvalue weighted by Crippen LogP contribution is -2.03. The number of ether oxygens (including phenoxy) is 1. The van der Waals surface area contributed by atoms with Gasteiger partial charge >= 0.3 is 0 Å². The Morgan fingerprint density at radius 1 is 0.963 bits per heavy atom. The van der Waals surface area contributed by atoms with E-state index in [1.807, 2.05) is 60.7 Å². The van der Waals surface area contributed by atoms with Gasteiger partial charge in [-0.1, -0.05) is 59.6 Å². The molecule has 4 rings (SSSR count). The van der Waals surface area contributed by atoms with E-state index in [2.05, 4.69) is 5.32 Å². The average Bonchev–Trinajstić information content (AvgIpc) is 2.98. The zero-order chi connectivity index (χ0) is 18.8. The minimum absolute atomic E-state index is 0.0890. The Labute approximate surface area is 167 Å². The molecule has 0 radical (unpaired) electrons. The lowest BCUT2D eigenvalue weighted by molar-refractivity contribution is -0.110. The molecule has 0 aromatic heterocycles. The minimum atomic E-state index is -0.0890. The van der Waals surface area contributed by atoms with Crippen molar-refractivity contribution in [3.63, 3.8) is 0 Å². The molecule has 1 N–H and O–H groups in total. The maximum Gasteiger partial charge on any atom is 0.256 e. The van der Waals surface area contributed by atoms with Gasteiger partial charge in [0.25, 0.3) is 5.91 Å². The molecule has 0 saturated carbocycles. The number of para-hydroxylation sites is 1. The molecule has 0 atom stereocenters. The molecule has 0 bridgehead atoms. The fourth-order valence-corrected chi connectivity index (χ4v) is 3.37. The van der Waals surface area contributed by atoms with Gasteiger partial charge in [-0.25, -0.2) is 0 Å². The molecule has 27 heavy (non-hydrogen) atoms. The predicted octanol–water partition coefficient (Wildman–Crippen LogP) is 6.07. The quantitative estimate of drug-likeness (QED) is 0.544. The molecule has 5 heteroatoms. The summed E-state index contributed by atoms with van der Waals surface area (Å²) in [6, 6.07) is 20.6. The van der Waals surface area contributed by atoms with Gasteiger partial charge in [0.1, 0.15) is 12.4 Å². The van der Waals surface area contributed by atoms with Crippen LogP contribution in [0.15, 0.2) is 66.7 Å². The first-order valence-electron chi connectivity index (χ1n) is 8.39. The number of hydrogen-bond acceptors (Lipinski definition) is 2. The maximum atomic E-state index is 12.2. The number of amides is 1. The van der Waals surface area contributed by atoms with Crippen molar-refractivity contribution >= 4 is 46.4 Å². The van der Waals surface area contributed by atoms with Crippen LogP contribution in [0.4, 0.5) is 5.69 Å². The number of carbonyl (C=O) groups is 1. The van der Waals surface area contributed by atoms with E-state index in [0.29, 0.717) is 22.2 Å². The number of benzene rings is 3. The third kappa shape index (κ3) is 3.85. The normalized spacial score (nSPS) is 14.1. The van der Waals surface area contributed by atoms with Crippen molar-refractivity contribution in [1.82, 2.24) is 0 Å². The fourth-order valence-electron chi connectivity index (χ4n) is 2.91. The van der Waals surface area contributed by atoms with Gasteiger partial charge in [0.2, 0.25) is 0 Å². The Kier molecular flexibility index (Phi) is 4.88. The smallest absolute Gasteiger partial charge is 0.256 e. The van der Waals surface area contributed by atoms with Crippen molar-refractivity contribution in [2.24, 2.45) is 0 Å². The van der Waals surface area contributed by atoms with E-state index in [4.69, 9.17) is 27.9 Å². The Morgan fingerprint density at radius 2 is 1.74 bits per heavy atom. The highest BCUT2D eigenvalue weighted by molar-refractivity contribution is 6.35. The molecule has 0 unspecified atom stereocenters. The van der Waals surface area contributed by atoms with Crippen molar-refractivity contribution in [3.05, 3.63) is 93.5 Å². The van der Waals surface area contributed by atoms with E-state index in [1.165, 1.54) is 0 Å². The van der Waals surface area contributed by atoms with Crippen LogP contribution in [-0.2, 0) is 11.4 Å². The largest absolute Gasteiger partial charge is 0.489 e. The molecule has 134 valence electrons. The van der Waals surface area contributed by atoms with Crippen LogP contribution in [0.3, 0.4) is 0 Å². The van der Waals surface area contributed by atoms with Gasteiger partial charge in [-0.2, -0.15) is 0 Å². The average molecular weight is 396 g/mol. The summed E-state index contributed by atoms with van der Waals surface area (Å²) in [5, 5.41) is 4.05. The molecule has 1 amide bonds. The SMILES string of the molecule is O=C1Nc2ccccc2/C1=C/c1ccc(OCc2ccc(Cl)cc2Cl)cc1. The zero-order valence-corrected chi connectivity index (χ0v) is 15.7. The van der Waals surface area contributed by atoms with E-state index in [1.54, 1.807) is 12.1 Å². The predicted molar refractivity (Wildman–Crippen MR) is 110 cm³/mol. The van der Waals surface area contributed by atoms with Gasteiger partial charge < -0.3 is 10.1 Å². The molecule has 1 aliphatic heterocycles. The van der Waals surface area contributed by atoms with E-state index in [9.17, 15) is 4.79 Å². The van der Waals surface area contributed by atoms with E-state index >= 15 is 0 Å². The lowest BCUT2D eigenvalue weighted by atomic mass is 10.0. The first-order valence-corrected chi connectivity index (χ1v) is 9.15. The van der Waals surface area contributed by atoms with Crippen molar-refractivity contribution in [1.29, 1.82) is 0 Å². The molecule has 0 saturated heterocycles. The molecule has 3 aromatic carbocycles. The molecule has 1 aliphatic rings. The van der Waals surface area contributed by atoms with E-state index < -0.39 is 0 Å². The molecular weight excluding hydrogens is 381 g/mol. The molecular formula is C22H15Cl2NO2. The standard InChI is InChI=1S/C22H15Cl2NO2/c23-16-8-7-15(20(24)12-16)13-27-17-9-5-14(6-10-17)11-19-18-3-1-2-4-21(18)25-22(19)26/h1-12H,13H2,(H,25,26)/b19-11-. The van der Waals surface area contributed by atoms with Crippen LogP contribution in [0.1, 0.15) is 16.7 Å². The minimum Gasteiger partial charge on any atom is -0.489 e. The van der Waals surface area contributed by atoms with Crippen LogP contribution < -0.4 is 10.1 Å². The zero-order valence-electron chi connectivity index (χ0n) is 14.2. The summed E-state index contributed by atoms with van der Waals surface area (Å²) in [6.45, 7) is 0.353. The van der Waals surface area contributed by atoms with Gasteiger partial charge in [-0.05, 0) is 42.0 Å². The highest BCUT2D eigenvalue weighted by Gasteiger charge is 2.23. The van der Waals surface area contributed by atoms with Crippen LogP contribution in [0.5, 0.6) is 5.75 Å². The first kappa shape index (κ1) is 17.7. The van der Waals surface area contributed by atoms with Gasteiger partial charge in [-0.3, -0.25) is 4.79 Å². The van der Waals surface area contributed by atoms with Crippen molar-refractivity contribution in [2.45, 2.75) is 6.61 Å². The van der Waals surface area contributed by atoms with Gasteiger partial charge in [0, 0.05) is 32.4 Å². The van der Waals surface area contributed by atoms with Gasteiger partial charge in [0.15, 0.2) is 0 Å². The highest BCUT2D eigenvalue weighted by Crippen LogP contribution is 2.33. The fraction of sp³-hybridized carbons (Fsp3) is 0.0455. The number of rotatable bonds is 4. The molecule has 1 heterocycles. The van der Waals surface area contributed by atoms with Crippen LogP contribution in [-0.4, -0.2) is 5.91 Å². The van der Waals surface area contributed by atoms with E-state index in [0.717, 1.165) is 28.1 Å². The van der Waals surface area contributed by atoms with Crippen molar-refractivity contribution in [2.75, 3.05) is 5.32 Å². The van der Waals surface area contributed by atoms with Crippen LogP contribution in [0, 0.1) is 0 Å².